The number of carbonyl (C=O) groups is 1. The molecule has 0 aromatic carbocycles. The first-order valence-corrected chi connectivity index (χ1v) is 9.32. The average molecular weight is 372 g/mol. The van der Waals surface area contributed by atoms with Crippen LogP contribution >= 0.6 is 23.1 Å². The largest absolute Gasteiger partial charge is 0.276 e. The number of rotatable bonds is 6. The predicted octanol–water partition coefficient (Wildman–Crippen LogP) is 2.79. The van der Waals surface area contributed by atoms with E-state index in [1.165, 1.54) is 11.8 Å². The Morgan fingerprint density at radius 2 is 2.20 bits per heavy atom. The molecule has 3 aromatic rings. The highest BCUT2D eigenvalue weighted by Crippen LogP contribution is 2.24. The van der Waals surface area contributed by atoms with Crippen LogP contribution in [0, 0.1) is 13.8 Å². The van der Waals surface area contributed by atoms with E-state index in [9.17, 15) is 4.79 Å². The fourth-order valence-electron chi connectivity index (χ4n) is 2.11. The smallest absolute Gasteiger partial charge is 0.250 e. The molecule has 128 valence electrons. The number of aromatic nitrogens is 4. The van der Waals surface area contributed by atoms with Gasteiger partial charge in [-0.3, -0.25) is 9.89 Å². The van der Waals surface area contributed by atoms with E-state index in [1.54, 1.807) is 23.7 Å². The molecule has 9 heteroatoms. The van der Waals surface area contributed by atoms with Crippen LogP contribution in [0.5, 0.6) is 0 Å². The monoisotopic (exact) mass is 372 g/mol. The Balaban J connectivity index is 1.54. The van der Waals surface area contributed by atoms with Crippen molar-refractivity contribution in [1.82, 2.24) is 25.6 Å². The van der Waals surface area contributed by atoms with Gasteiger partial charge in [0, 0.05) is 17.0 Å². The lowest BCUT2D eigenvalue weighted by Gasteiger charge is -2.02. The van der Waals surface area contributed by atoms with E-state index in [0.717, 1.165) is 27.5 Å². The number of hydrogen-bond donors (Lipinski definition) is 2. The molecule has 0 aliphatic rings. The van der Waals surface area contributed by atoms with Crippen LogP contribution in [0.2, 0.25) is 0 Å². The minimum atomic E-state index is -0.217. The standard InChI is InChI=1S/C16H16N6OS2/c1-10-6-11(2)20-16(19-10)25-9-14(23)21-17-7-12-8-18-22-15(12)13-4-3-5-24-13/h3-8H,9H2,1-2H3,(H,18,22)(H,21,23)/b17-7+. The second-order valence-corrected chi connectivity index (χ2v) is 7.08. The number of aryl methyl sites for hydroxylation is 2. The summed E-state index contributed by atoms with van der Waals surface area (Å²) < 4.78 is 0. The summed E-state index contributed by atoms with van der Waals surface area (Å²) in [6, 6.07) is 5.86. The molecular formula is C16H16N6OS2. The quantitative estimate of drug-likeness (QED) is 0.300. The number of carbonyl (C=O) groups excluding carboxylic acids is 1. The van der Waals surface area contributed by atoms with Crippen molar-refractivity contribution in [2.45, 2.75) is 19.0 Å². The summed E-state index contributed by atoms with van der Waals surface area (Å²) in [4.78, 5) is 21.5. The van der Waals surface area contributed by atoms with Crippen molar-refractivity contribution >= 4 is 35.2 Å². The van der Waals surface area contributed by atoms with E-state index >= 15 is 0 Å². The maximum Gasteiger partial charge on any atom is 0.250 e. The fraction of sp³-hybridized carbons (Fsp3) is 0.188. The molecule has 3 rings (SSSR count). The molecule has 3 aromatic heterocycles. The van der Waals surface area contributed by atoms with Crippen molar-refractivity contribution in [3.05, 3.63) is 46.7 Å². The van der Waals surface area contributed by atoms with Crippen LogP contribution in [-0.4, -0.2) is 38.0 Å². The molecule has 25 heavy (non-hydrogen) atoms. The van der Waals surface area contributed by atoms with Gasteiger partial charge in [0.25, 0.3) is 5.91 Å². The fourth-order valence-corrected chi connectivity index (χ4v) is 3.59. The second kappa shape index (κ2) is 8.04. The van der Waals surface area contributed by atoms with Gasteiger partial charge < -0.3 is 0 Å². The lowest BCUT2D eigenvalue weighted by Crippen LogP contribution is -2.19. The minimum absolute atomic E-state index is 0.198. The predicted molar refractivity (Wildman–Crippen MR) is 99.9 cm³/mol. The highest BCUT2D eigenvalue weighted by atomic mass is 32.2. The first-order valence-electron chi connectivity index (χ1n) is 7.46. The van der Waals surface area contributed by atoms with Gasteiger partial charge >= 0.3 is 0 Å². The highest BCUT2D eigenvalue weighted by Gasteiger charge is 2.08. The van der Waals surface area contributed by atoms with Gasteiger partial charge in [-0.05, 0) is 31.4 Å². The van der Waals surface area contributed by atoms with Crippen molar-refractivity contribution < 1.29 is 4.79 Å². The van der Waals surface area contributed by atoms with Crippen molar-refractivity contribution in [3.8, 4) is 10.6 Å². The molecule has 1 amide bonds. The Hall–Kier alpha value is -2.52. The van der Waals surface area contributed by atoms with Crippen LogP contribution in [0.4, 0.5) is 0 Å². The van der Waals surface area contributed by atoms with E-state index < -0.39 is 0 Å². The molecule has 3 heterocycles. The first kappa shape index (κ1) is 17.3. The molecule has 0 radical (unpaired) electrons. The van der Waals surface area contributed by atoms with Gasteiger partial charge in [0.1, 0.15) is 0 Å². The van der Waals surface area contributed by atoms with Crippen LogP contribution in [-0.2, 0) is 4.79 Å². The Kier molecular flexibility index (Phi) is 5.56. The lowest BCUT2D eigenvalue weighted by molar-refractivity contribution is -0.118. The Bertz CT molecular complexity index is 868. The molecular weight excluding hydrogens is 356 g/mol. The average Bonchev–Trinajstić information content (AvgIpc) is 3.23. The van der Waals surface area contributed by atoms with E-state index in [2.05, 4.69) is 30.7 Å². The second-order valence-electron chi connectivity index (χ2n) is 5.19. The third-order valence-corrected chi connectivity index (χ3v) is 4.86. The summed E-state index contributed by atoms with van der Waals surface area (Å²) in [5.41, 5.74) is 5.97. The molecule has 0 aliphatic heterocycles. The third-order valence-electron chi connectivity index (χ3n) is 3.12. The van der Waals surface area contributed by atoms with E-state index in [4.69, 9.17) is 0 Å². The molecule has 0 saturated carbocycles. The van der Waals surface area contributed by atoms with Crippen LogP contribution in [0.1, 0.15) is 17.0 Å². The molecule has 0 spiro atoms. The van der Waals surface area contributed by atoms with E-state index in [-0.39, 0.29) is 11.7 Å². The number of hydrogen-bond acceptors (Lipinski definition) is 7. The van der Waals surface area contributed by atoms with Gasteiger partial charge in [0.05, 0.1) is 28.7 Å². The summed E-state index contributed by atoms with van der Waals surface area (Å²) in [7, 11) is 0. The summed E-state index contributed by atoms with van der Waals surface area (Å²) in [5.74, 6) is -0.0196. The summed E-state index contributed by atoms with van der Waals surface area (Å²) in [5, 5.41) is 13.5. The minimum Gasteiger partial charge on any atom is -0.276 e. The number of nitrogens with zero attached hydrogens (tertiary/aromatic N) is 4. The van der Waals surface area contributed by atoms with Gasteiger partial charge in [-0.25, -0.2) is 15.4 Å². The molecule has 0 atom stereocenters. The van der Waals surface area contributed by atoms with Gasteiger partial charge in [-0.15, -0.1) is 11.3 Å². The first-order chi connectivity index (χ1) is 12.1. The number of thiophene rings is 1. The van der Waals surface area contributed by atoms with E-state index in [1.807, 2.05) is 37.4 Å². The van der Waals surface area contributed by atoms with Gasteiger partial charge in [0.15, 0.2) is 5.16 Å². The van der Waals surface area contributed by atoms with Gasteiger partial charge in [-0.2, -0.15) is 10.2 Å². The molecule has 0 aliphatic carbocycles. The summed E-state index contributed by atoms with van der Waals surface area (Å²) in [6.45, 7) is 3.80. The third kappa shape index (κ3) is 4.74. The lowest BCUT2D eigenvalue weighted by atomic mass is 10.2. The Morgan fingerprint density at radius 3 is 2.92 bits per heavy atom. The van der Waals surface area contributed by atoms with Crippen molar-refractivity contribution in [2.24, 2.45) is 5.10 Å². The molecule has 7 nitrogen and oxygen atoms in total. The summed E-state index contributed by atoms with van der Waals surface area (Å²) in [6.07, 6.45) is 3.25. The molecule has 0 unspecified atom stereocenters. The SMILES string of the molecule is Cc1cc(C)nc(SCC(=O)N/N=C/c2cn[nH]c2-c2cccs2)n1. The van der Waals surface area contributed by atoms with Crippen molar-refractivity contribution in [2.75, 3.05) is 5.75 Å². The highest BCUT2D eigenvalue weighted by molar-refractivity contribution is 7.99. The normalized spacial score (nSPS) is 11.1. The zero-order chi connectivity index (χ0) is 17.6. The topological polar surface area (TPSA) is 95.9 Å². The number of thioether (sulfide) groups is 1. The molecule has 0 bridgehead atoms. The number of hydrazone groups is 1. The molecule has 0 saturated heterocycles. The van der Waals surface area contributed by atoms with Crippen LogP contribution in [0.15, 0.2) is 40.0 Å². The van der Waals surface area contributed by atoms with Crippen LogP contribution in [0.25, 0.3) is 10.6 Å². The molecule has 0 fully saturated rings. The number of amides is 1. The Labute approximate surface area is 153 Å². The number of aromatic amines is 1. The summed E-state index contributed by atoms with van der Waals surface area (Å²) >= 11 is 2.89. The van der Waals surface area contributed by atoms with Crippen LogP contribution in [0.3, 0.4) is 0 Å². The zero-order valence-electron chi connectivity index (χ0n) is 13.7. The molecule has 2 N–H and O–H groups in total. The van der Waals surface area contributed by atoms with Crippen molar-refractivity contribution in [3.63, 3.8) is 0 Å². The van der Waals surface area contributed by atoms with E-state index in [0.29, 0.717) is 5.16 Å². The van der Waals surface area contributed by atoms with Crippen LogP contribution < -0.4 is 5.43 Å². The maximum absolute atomic E-state index is 11.9. The number of H-pyrrole nitrogens is 1. The maximum atomic E-state index is 11.9. The van der Waals surface area contributed by atoms with Gasteiger partial charge in [0.2, 0.25) is 0 Å². The van der Waals surface area contributed by atoms with Gasteiger partial charge in [-0.1, -0.05) is 17.8 Å². The Morgan fingerprint density at radius 1 is 1.40 bits per heavy atom. The van der Waals surface area contributed by atoms with Crippen molar-refractivity contribution in [1.29, 1.82) is 0 Å². The number of nitrogens with one attached hydrogen (secondary N) is 2. The zero-order valence-corrected chi connectivity index (χ0v) is 15.3.